The molecular weight excluding hydrogens is 370 g/mol. The molecule has 0 saturated carbocycles. The molecule has 3 rings (SSSR count). The summed E-state index contributed by atoms with van der Waals surface area (Å²) in [5.74, 6) is -0.294. The van der Waals surface area contributed by atoms with Crippen molar-refractivity contribution in [1.82, 2.24) is 9.97 Å². The zero-order valence-electron chi connectivity index (χ0n) is 13.3. The highest BCUT2D eigenvalue weighted by atomic mass is 35.5. The summed E-state index contributed by atoms with van der Waals surface area (Å²) >= 11 is 1.58. The fourth-order valence-corrected chi connectivity index (χ4v) is 3.90. The average Bonchev–Trinajstić information content (AvgIpc) is 2.47. The van der Waals surface area contributed by atoms with Crippen LogP contribution in [0.2, 0.25) is 0 Å². The molecular formula is C16H19Cl2FN4S. The van der Waals surface area contributed by atoms with Gasteiger partial charge in [-0.15, -0.1) is 24.8 Å². The van der Waals surface area contributed by atoms with Crippen molar-refractivity contribution in [2.45, 2.75) is 31.1 Å². The van der Waals surface area contributed by atoms with Gasteiger partial charge in [0.05, 0.1) is 5.54 Å². The molecule has 1 aliphatic heterocycles. The Morgan fingerprint density at radius 2 is 1.92 bits per heavy atom. The van der Waals surface area contributed by atoms with E-state index in [9.17, 15) is 4.39 Å². The average molecular weight is 389 g/mol. The number of amidine groups is 1. The molecule has 1 aliphatic rings. The van der Waals surface area contributed by atoms with Crippen molar-refractivity contribution in [3.05, 3.63) is 48.3 Å². The Morgan fingerprint density at radius 1 is 1.25 bits per heavy atom. The minimum absolute atomic E-state index is 0. The number of aromatic nitrogens is 2. The molecule has 0 amide bonds. The van der Waals surface area contributed by atoms with Gasteiger partial charge in [0.25, 0.3) is 0 Å². The lowest BCUT2D eigenvalue weighted by molar-refractivity contribution is 0.452. The molecule has 0 unspecified atom stereocenters. The first-order valence-electron chi connectivity index (χ1n) is 7.05. The third kappa shape index (κ3) is 4.18. The Balaban J connectivity index is 0.00000144. The van der Waals surface area contributed by atoms with Crippen molar-refractivity contribution in [2.24, 2.45) is 10.7 Å². The largest absolute Gasteiger partial charge is 0.379 e. The number of nitrogens with two attached hydrogens (primary N) is 1. The van der Waals surface area contributed by atoms with E-state index < -0.39 is 5.54 Å². The molecule has 0 spiro atoms. The van der Waals surface area contributed by atoms with Crippen LogP contribution in [0.1, 0.15) is 25.8 Å². The summed E-state index contributed by atoms with van der Waals surface area (Å²) in [4.78, 5) is 12.5. The third-order valence-corrected chi connectivity index (χ3v) is 4.73. The van der Waals surface area contributed by atoms with Crippen molar-refractivity contribution >= 4 is 41.7 Å². The van der Waals surface area contributed by atoms with Gasteiger partial charge in [0.1, 0.15) is 12.1 Å². The number of nitrogens with zero attached hydrogens (tertiary/aromatic N) is 3. The fourth-order valence-electron chi connectivity index (χ4n) is 2.82. The van der Waals surface area contributed by atoms with Gasteiger partial charge in [0.2, 0.25) is 0 Å². The Hall–Kier alpha value is -1.37. The molecule has 0 bridgehead atoms. The van der Waals surface area contributed by atoms with E-state index in [2.05, 4.69) is 21.9 Å². The molecule has 1 aromatic carbocycles. The van der Waals surface area contributed by atoms with Crippen LogP contribution in [0, 0.1) is 5.82 Å². The Kier molecular flexibility index (Phi) is 7.01. The Morgan fingerprint density at radius 3 is 2.54 bits per heavy atom. The molecule has 0 fully saturated rings. The Bertz CT molecular complexity index is 729. The van der Waals surface area contributed by atoms with Crippen LogP contribution in [0.5, 0.6) is 0 Å². The van der Waals surface area contributed by atoms with Gasteiger partial charge in [-0.05, 0) is 31.0 Å². The van der Waals surface area contributed by atoms with E-state index in [1.807, 2.05) is 13.0 Å². The van der Waals surface area contributed by atoms with Crippen LogP contribution in [-0.2, 0) is 5.54 Å². The second-order valence-corrected chi connectivity index (χ2v) is 7.14. The first kappa shape index (κ1) is 20.7. The summed E-state index contributed by atoms with van der Waals surface area (Å²) in [6.07, 6.45) is 5.50. The summed E-state index contributed by atoms with van der Waals surface area (Å²) in [6, 6.07) is 5.08. The monoisotopic (exact) mass is 388 g/mol. The first-order chi connectivity index (χ1) is 10.5. The number of halogens is 3. The van der Waals surface area contributed by atoms with E-state index in [4.69, 9.17) is 5.73 Å². The van der Waals surface area contributed by atoms with E-state index in [1.54, 1.807) is 30.2 Å². The normalized spacial score (nSPS) is 22.8. The number of hydrogen-bond donors (Lipinski definition) is 1. The van der Waals surface area contributed by atoms with Gasteiger partial charge < -0.3 is 5.73 Å². The minimum Gasteiger partial charge on any atom is -0.379 e. The molecule has 0 radical (unpaired) electrons. The van der Waals surface area contributed by atoms with Crippen LogP contribution in [0.15, 0.2) is 41.9 Å². The van der Waals surface area contributed by atoms with Crippen molar-refractivity contribution < 1.29 is 4.39 Å². The van der Waals surface area contributed by atoms with E-state index in [0.29, 0.717) is 21.5 Å². The number of rotatable bonds is 2. The lowest BCUT2D eigenvalue weighted by Gasteiger charge is -2.33. The second kappa shape index (κ2) is 8.14. The summed E-state index contributed by atoms with van der Waals surface area (Å²) < 4.78 is 14.2. The van der Waals surface area contributed by atoms with Gasteiger partial charge in [-0.2, -0.15) is 0 Å². The standard InChI is InChI=1S/C16H17FN4S.2ClH/c1-10-6-16(2,21-15(18)22-10)12-3-4-14(17)13(5-12)11-7-19-9-20-8-11;;/h3-5,7-10H,6H2,1-2H3,(H2,18,21);2*1H/t10-,16+;;/m1../s1. The van der Waals surface area contributed by atoms with Gasteiger partial charge in [-0.3, -0.25) is 4.99 Å². The molecule has 24 heavy (non-hydrogen) atoms. The molecule has 1 aromatic heterocycles. The van der Waals surface area contributed by atoms with Gasteiger partial charge in [-0.25, -0.2) is 14.4 Å². The van der Waals surface area contributed by atoms with Crippen LogP contribution in [0.25, 0.3) is 11.1 Å². The molecule has 8 heteroatoms. The predicted molar refractivity (Wildman–Crippen MR) is 103 cm³/mol. The molecule has 0 saturated heterocycles. The van der Waals surface area contributed by atoms with Crippen LogP contribution in [-0.4, -0.2) is 20.4 Å². The number of aliphatic imine (C=N–C) groups is 1. The van der Waals surface area contributed by atoms with Gasteiger partial charge in [0, 0.05) is 28.8 Å². The van der Waals surface area contributed by atoms with E-state index in [-0.39, 0.29) is 30.6 Å². The van der Waals surface area contributed by atoms with Crippen molar-refractivity contribution in [1.29, 1.82) is 0 Å². The lowest BCUT2D eigenvalue weighted by atomic mass is 9.86. The zero-order chi connectivity index (χ0) is 15.7. The number of benzene rings is 1. The van der Waals surface area contributed by atoms with Gasteiger partial charge >= 0.3 is 0 Å². The molecule has 2 atom stereocenters. The van der Waals surface area contributed by atoms with E-state index >= 15 is 0 Å². The zero-order valence-corrected chi connectivity index (χ0v) is 15.7. The topological polar surface area (TPSA) is 64.2 Å². The quantitative estimate of drug-likeness (QED) is 0.837. The molecule has 2 N–H and O–H groups in total. The highest BCUT2D eigenvalue weighted by Crippen LogP contribution is 2.40. The lowest BCUT2D eigenvalue weighted by Crippen LogP contribution is -2.32. The minimum atomic E-state index is -0.438. The second-order valence-electron chi connectivity index (χ2n) is 5.68. The maximum Gasteiger partial charge on any atom is 0.155 e. The fraction of sp³-hybridized carbons (Fsp3) is 0.312. The summed E-state index contributed by atoms with van der Waals surface area (Å²) in [7, 11) is 0. The van der Waals surface area contributed by atoms with Crippen LogP contribution in [0.4, 0.5) is 4.39 Å². The van der Waals surface area contributed by atoms with Crippen molar-refractivity contribution in [2.75, 3.05) is 0 Å². The van der Waals surface area contributed by atoms with Crippen molar-refractivity contribution in [3.63, 3.8) is 0 Å². The highest BCUT2D eigenvalue weighted by molar-refractivity contribution is 8.14. The summed E-state index contributed by atoms with van der Waals surface area (Å²) in [5.41, 5.74) is 7.58. The van der Waals surface area contributed by atoms with Crippen LogP contribution in [0.3, 0.4) is 0 Å². The van der Waals surface area contributed by atoms with Gasteiger partial charge in [0.15, 0.2) is 5.17 Å². The summed E-state index contributed by atoms with van der Waals surface area (Å²) in [6.45, 7) is 4.16. The number of hydrogen-bond acceptors (Lipinski definition) is 5. The molecule has 130 valence electrons. The third-order valence-electron chi connectivity index (χ3n) is 3.82. The predicted octanol–water partition coefficient (Wildman–Crippen LogP) is 4.18. The maximum atomic E-state index is 14.2. The summed E-state index contributed by atoms with van der Waals surface area (Å²) in [5, 5.41) is 0.950. The maximum absolute atomic E-state index is 14.2. The molecule has 2 heterocycles. The Labute approximate surface area is 157 Å². The SMILES string of the molecule is C[C@@H]1C[C@@](C)(c2ccc(F)c(-c3cncnc3)c2)N=C(N)S1.Cl.Cl. The van der Waals surface area contributed by atoms with E-state index in [1.165, 1.54) is 12.4 Å². The molecule has 2 aromatic rings. The van der Waals surface area contributed by atoms with Gasteiger partial charge in [-0.1, -0.05) is 24.8 Å². The smallest absolute Gasteiger partial charge is 0.155 e. The highest BCUT2D eigenvalue weighted by Gasteiger charge is 2.33. The van der Waals surface area contributed by atoms with Crippen LogP contribution < -0.4 is 5.73 Å². The molecule has 4 nitrogen and oxygen atoms in total. The molecule has 0 aliphatic carbocycles. The van der Waals surface area contributed by atoms with Crippen molar-refractivity contribution in [3.8, 4) is 11.1 Å². The van der Waals surface area contributed by atoms with Crippen LogP contribution >= 0.6 is 36.6 Å². The first-order valence-corrected chi connectivity index (χ1v) is 7.93. The number of thioether (sulfide) groups is 1. The van der Waals surface area contributed by atoms with E-state index in [0.717, 1.165) is 12.0 Å².